The zero-order valence-corrected chi connectivity index (χ0v) is 27.1. The van der Waals surface area contributed by atoms with Gasteiger partial charge in [-0.25, -0.2) is 9.18 Å². The third kappa shape index (κ3) is 8.12. The Morgan fingerprint density at radius 3 is 2.45 bits per heavy atom. The molecule has 1 atom stereocenters. The van der Waals surface area contributed by atoms with E-state index in [9.17, 15) is 19.5 Å². The first-order chi connectivity index (χ1) is 22.7. The number of hydrogen-bond acceptors (Lipinski definition) is 5. The van der Waals surface area contributed by atoms with Crippen LogP contribution in [-0.4, -0.2) is 34.6 Å². The maximum Gasteiger partial charge on any atom is 0.409 e. The van der Waals surface area contributed by atoms with Crippen molar-refractivity contribution in [1.29, 1.82) is 0 Å². The summed E-state index contributed by atoms with van der Waals surface area (Å²) in [4.78, 5) is 41.8. The van der Waals surface area contributed by atoms with Gasteiger partial charge in [0.05, 0.1) is 12.0 Å². The summed E-state index contributed by atoms with van der Waals surface area (Å²) in [5.74, 6) is 0.126. The smallest absolute Gasteiger partial charge is 0.409 e. The lowest BCUT2D eigenvalue weighted by Crippen LogP contribution is -2.31. The highest BCUT2D eigenvalue weighted by Crippen LogP contribution is 2.33. The van der Waals surface area contributed by atoms with Crippen molar-refractivity contribution >= 4 is 29.1 Å². The van der Waals surface area contributed by atoms with Crippen molar-refractivity contribution in [2.45, 2.75) is 78.2 Å². The van der Waals surface area contributed by atoms with Gasteiger partial charge in [-0.15, -0.1) is 0 Å². The molecule has 5 rings (SSSR count). The Morgan fingerprint density at radius 2 is 1.79 bits per heavy atom. The number of ketones is 2. The lowest BCUT2D eigenvalue weighted by Gasteiger charge is -2.25. The molecule has 2 aliphatic rings. The second-order valence-corrected chi connectivity index (χ2v) is 12.2. The van der Waals surface area contributed by atoms with E-state index in [4.69, 9.17) is 9.73 Å². The third-order valence-electron chi connectivity index (χ3n) is 8.90. The molecule has 0 saturated heterocycles. The second kappa shape index (κ2) is 15.2. The van der Waals surface area contributed by atoms with E-state index in [1.807, 2.05) is 50.2 Å². The molecule has 0 radical (unpaired) electrons. The van der Waals surface area contributed by atoms with E-state index in [0.717, 1.165) is 36.3 Å². The van der Waals surface area contributed by atoms with Gasteiger partial charge in [-0.3, -0.25) is 19.9 Å². The van der Waals surface area contributed by atoms with Crippen molar-refractivity contribution in [2.24, 2.45) is 10.9 Å². The zero-order valence-electron chi connectivity index (χ0n) is 27.1. The summed E-state index contributed by atoms with van der Waals surface area (Å²) in [6, 6.07) is 19.9. The van der Waals surface area contributed by atoms with Crippen LogP contribution in [0.2, 0.25) is 0 Å². The molecule has 1 amide bonds. The van der Waals surface area contributed by atoms with Crippen molar-refractivity contribution in [3.63, 3.8) is 0 Å². The summed E-state index contributed by atoms with van der Waals surface area (Å²) in [5.41, 5.74) is 5.73. The molecule has 1 aliphatic heterocycles. The number of nitrogens with zero attached hydrogens (tertiary/aromatic N) is 1. The zero-order chi connectivity index (χ0) is 33.5. The molecule has 2 N–H and O–H groups in total. The van der Waals surface area contributed by atoms with Gasteiger partial charge >= 0.3 is 6.09 Å². The van der Waals surface area contributed by atoms with E-state index >= 15 is 4.39 Å². The van der Waals surface area contributed by atoms with E-state index < -0.39 is 17.8 Å². The first-order valence-corrected chi connectivity index (χ1v) is 16.3. The van der Waals surface area contributed by atoms with Crippen LogP contribution >= 0.6 is 0 Å². The van der Waals surface area contributed by atoms with E-state index in [2.05, 4.69) is 5.32 Å². The van der Waals surface area contributed by atoms with Gasteiger partial charge in [0.2, 0.25) is 0 Å². The number of halogens is 1. The molecule has 47 heavy (non-hydrogen) atoms. The Balaban J connectivity index is 1.34. The fraction of sp³-hybridized carbons (Fsp3) is 0.333. The average molecular weight is 637 g/mol. The van der Waals surface area contributed by atoms with Gasteiger partial charge in [0.15, 0.2) is 5.78 Å². The van der Waals surface area contributed by atoms with Crippen LogP contribution in [0, 0.1) is 11.7 Å². The highest BCUT2D eigenvalue weighted by molar-refractivity contribution is 6.14. The van der Waals surface area contributed by atoms with Crippen molar-refractivity contribution in [3.8, 4) is 16.9 Å². The normalized spacial score (nSPS) is 17.5. The molecule has 7 nitrogen and oxygen atoms in total. The number of benzene rings is 3. The van der Waals surface area contributed by atoms with Crippen molar-refractivity contribution in [3.05, 3.63) is 107 Å². The highest BCUT2D eigenvalue weighted by Gasteiger charge is 2.32. The summed E-state index contributed by atoms with van der Waals surface area (Å²) >= 11 is 0. The van der Waals surface area contributed by atoms with E-state index in [1.54, 1.807) is 37.3 Å². The molecule has 1 aliphatic carbocycles. The number of allylic oxidation sites excluding steroid dienone is 3. The number of carboxylic acid groups (broad SMARTS) is 1. The van der Waals surface area contributed by atoms with Crippen LogP contribution in [0.3, 0.4) is 0 Å². The molecule has 1 heterocycles. The number of ether oxygens (including phenoxy) is 1. The fourth-order valence-electron chi connectivity index (χ4n) is 6.37. The molecular weight excluding hydrogens is 595 g/mol. The van der Waals surface area contributed by atoms with E-state index in [1.165, 1.54) is 6.07 Å². The van der Waals surface area contributed by atoms with Crippen LogP contribution in [-0.2, 0) is 22.4 Å². The largest absolute Gasteiger partial charge is 0.490 e. The Labute approximate surface area is 275 Å². The Bertz CT molecular complexity index is 1750. The number of aliphatic imine (C=N–C) groups is 1. The van der Waals surface area contributed by atoms with Gasteiger partial charge in [0.1, 0.15) is 17.3 Å². The predicted molar refractivity (Wildman–Crippen MR) is 182 cm³/mol. The Kier molecular flexibility index (Phi) is 10.8. The minimum absolute atomic E-state index is 0.0283. The molecule has 0 spiro atoms. The summed E-state index contributed by atoms with van der Waals surface area (Å²) in [5, 5.41) is 11.7. The van der Waals surface area contributed by atoms with Crippen LogP contribution in [0.25, 0.3) is 16.8 Å². The SMILES string of the molecule is C/C=C(\NC(=O)O)c1ccccc1-c1ccc(CC2=C(CCC)N=C(C)C(Cc3ccc(OC4CCC(=O)CC4)cc3)C2=O)c(F)c1. The highest BCUT2D eigenvalue weighted by atomic mass is 19.1. The number of rotatable bonds is 11. The van der Waals surface area contributed by atoms with E-state index in [0.29, 0.717) is 70.7 Å². The topological polar surface area (TPSA) is 105 Å². The molecule has 3 aromatic carbocycles. The molecule has 8 heteroatoms. The summed E-state index contributed by atoms with van der Waals surface area (Å²) in [6.45, 7) is 5.66. The number of carbonyl (C=O) groups is 3. The number of amides is 1. The first kappa shape index (κ1) is 33.5. The van der Waals surface area contributed by atoms with Crippen molar-refractivity contribution < 1.29 is 28.6 Å². The first-order valence-electron chi connectivity index (χ1n) is 16.3. The predicted octanol–water partition coefficient (Wildman–Crippen LogP) is 8.51. The van der Waals surface area contributed by atoms with Crippen LogP contribution in [0.4, 0.5) is 9.18 Å². The number of hydrogen-bond donors (Lipinski definition) is 2. The van der Waals surface area contributed by atoms with Crippen LogP contribution in [0.5, 0.6) is 5.75 Å². The monoisotopic (exact) mass is 636 g/mol. The van der Waals surface area contributed by atoms with Gasteiger partial charge in [0.25, 0.3) is 0 Å². The summed E-state index contributed by atoms with van der Waals surface area (Å²) < 4.78 is 21.9. The molecule has 1 saturated carbocycles. The third-order valence-corrected chi connectivity index (χ3v) is 8.90. The van der Waals surface area contributed by atoms with Gasteiger partial charge in [0, 0.05) is 47.5 Å². The molecule has 1 fully saturated rings. The average Bonchev–Trinajstić information content (AvgIpc) is 3.06. The molecule has 0 bridgehead atoms. The fourth-order valence-corrected chi connectivity index (χ4v) is 6.37. The van der Waals surface area contributed by atoms with Crippen molar-refractivity contribution in [1.82, 2.24) is 5.32 Å². The maximum absolute atomic E-state index is 15.8. The lowest BCUT2D eigenvalue weighted by atomic mass is 9.82. The minimum Gasteiger partial charge on any atom is -0.490 e. The molecule has 3 aromatic rings. The van der Waals surface area contributed by atoms with E-state index in [-0.39, 0.29) is 18.3 Å². The number of Topliss-reactive ketones (excluding diaryl/α,β-unsaturated/α-hetero) is 2. The van der Waals surface area contributed by atoms with Gasteiger partial charge < -0.3 is 9.84 Å². The van der Waals surface area contributed by atoms with Gasteiger partial charge in [-0.1, -0.05) is 68.0 Å². The molecule has 244 valence electrons. The number of carbonyl (C=O) groups excluding carboxylic acids is 2. The van der Waals surface area contributed by atoms with Crippen LogP contribution in [0.15, 0.2) is 89.1 Å². The van der Waals surface area contributed by atoms with Crippen LogP contribution in [0.1, 0.15) is 76.0 Å². The van der Waals surface area contributed by atoms with Gasteiger partial charge in [-0.2, -0.15) is 0 Å². The lowest BCUT2D eigenvalue weighted by molar-refractivity contribution is -0.121. The van der Waals surface area contributed by atoms with Crippen LogP contribution < -0.4 is 10.1 Å². The quantitative estimate of drug-likeness (QED) is 0.220. The second-order valence-electron chi connectivity index (χ2n) is 12.2. The molecular formula is C39H41FN2O5. The molecule has 0 aromatic heterocycles. The Morgan fingerprint density at radius 1 is 1.06 bits per heavy atom. The maximum atomic E-state index is 15.8. The summed E-state index contributed by atoms with van der Waals surface area (Å²) in [7, 11) is 0. The minimum atomic E-state index is -1.18. The van der Waals surface area contributed by atoms with Gasteiger partial charge in [-0.05, 0) is 80.0 Å². The van der Waals surface area contributed by atoms with Crippen molar-refractivity contribution in [2.75, 3.05) is 0 Å². The standard InChI is InChI=1S/C39H41FN2O5/c1-4-8-37-34(22-27-14-13-26(23-35(27)40)31-9-6-7-10-32(31)36(5-2)42-39(45)46)38(44)33(24(3)41-37)21-25-11-17-29(18-12-25)47-30-19-15-28(43)16-20-30/h5-7,9-14,17-18,23,30,33,42H,4,8,15-16,19-22H2,1-3H3,(H,45,46)/b36-5-. The Hall–Kier alpha value is -4.85. The number of nitrogens with one attached hydrogen (secondary N) is 1. The summed E-state index contributed by atoms with van der Waals surface area (Å²) in [6.07, 6.45) is 5.16. The molecule has 1 unspecified atom stereocenters.